The Morgan fingerprint density at radius 2 is 1.96 bits per heavy atom. The van der Waals surface area contributed by atoms with Crippen LogP contribution in [0.1, 0.15) is 11.4 Å². The predicted octanol–water partition coefficient (Wildman–Crippen LogP) is 0.534. The number of nitrogen functional groups attached to an aromatic ring is 1. The molecule has 3 rings (SSSR count). The average molecular weight is 333 g/mol. The molecular formula is C15H19N5O2S. The molecule has 1 aliphatic heterocycles. The first-order valence-corrected chi connectivity index (χ1v) is 8.44. The first kappa shape index (κ1) is 15.8. The third kappa shape index (κ3) is 4.02. The molecule has 0 radical (unpaired) electrons. The molecule has 8 heteroatoms. The van der Waals surface area contributed by atoms with E-state index in [1.165, 1.54) is 16.4 Å². The topological polar surface area (TPSA) is 86.3 Å². The van der Waals surface area contributed by atoms with Gasteiger partial charge in [-0.3, -0.25) is 4.79 Å². The molecule has 122 valence electrons. The summed E-state index contributed by atoms with van der Waals surface area (Å²) in [6.45, 7) is 2.50. The molecular weight excluding hydrogens is 314 g/mol. The Kier molecular flexibility index (Phi) is 5.14. The molecule has 1 aliphatic rings. The van der Waals surface area contributed by atoms with Gasteiger partial charge in [0.25, 0.3) is 0 Å². The van der Waals surface area contributed by atoms with Crippen molar-refractivity contribution in [2.45, 2.75) is 11.6 Å². The molecule has 23 heavy (non-hydrogen) atoms. The number of ether oxygens (including phenoxy) is 1. The number of carbonyl (C=O) groups excluding carboxylic acids is 1. The lowest BCUT2D eigenvalue weighted by Crippen LogP contribution is -2.41. The van der Waals surface area contributed by atoms with Gasteiger partial charge in [-0.25, -0.2) is 4.68 Å². The Morgan fingerprint density at radius 3 is 2.70 bits per heavy atom. The summed E-state index contributed by atoms with van der Waals surface area (Å²) < 4.78 is 6.71. The third-order valence-corrected chi connectivity index (χ3v) is 4.56. The van der Waals surface area contributed by atoms with Crippen molar-refractivity contribution in [2.24, 2.45) is 0 Å². The number of carbonyl (C=O) groups is 1. The van der Waals surface area contributed by atoms with E-state index in [4.69, 9.17) is 10.6 Å². The van der Waals surface area contributed by atoms with Gasteiger partial charge < -0.3 is 15.5 Å². The molecule has 7 nitrogen and oxygen atoms in total. The molecule has 0 saturated carbocycles. The van der Waals surface area contributed by atoms with Crippen molar-refractivity contribution in [3.05, 3.63) is 41.7 Å². The van der Waals surface area contributed by atoms with Gasteiger partial charge in [0.2, 0.25) is 11.1 Å². The van der Waals surface area contributed by atoms with Crippen LogP contribution >= 0.6 is 11.8 Å². The summed E-state index contributed by atoms with van der Waals surface area (Å²) >= 11 is 1.31. The van der Waals surface area contributed by atoms with E-state index >= 15 is 0 Å². The summed E-state index contributed by atoms with van der Waals surface area (Å²) in [5.74, 6) is 7.10. The monoisotopic (exact) mass is 333 g/mol. The summed E-state index contributed by atoms with van der Waals surface area (Å²) in [6.07, 6.45) is 0.613. The molecule has 2 aromatic rings. The Balaban J connectivity index is 1.57. The van der Waals surface area contributed by atoms with Gasteiger partial charge in [0.1, 0.15) is 0 Å². The Labute approximate surface area is 138 Å². The molecule has 0 bridgehead atoms. The molecule has 1 amide bonds. The highest BCUT2D eigenvalue weighted by molar-refractivity contribution is 7.99. The minimum atomic E-state index is 0.0749. The number of amides is 1. The fraction of sp³-hybridized carbons (Fsp3) is 0.400. The largest absolute Gasteiger partial charge is 0.378 e. The van der Waals surface area contributed by atoms with Gasteiger partial charge in [0.15, 0.2) is 5.82 Å². The van der Waals surface area contributed by atoms with E-state index in [0.717, 1.165) is 5.56 Å². The first-order chi connectivity index (χ1) is 11.2. The molecule has 0 spiro atoms. The van der Waals surface area contributed by atoms with Crippen LogP contribution in [0.3, 0.4) is 0 Å². The van der Waals surface area contributed by atoms with Crippen molar-refractivity contribution in [3.63, 3.8) is 0 Å². The van der Waals surface area contributed by atoms with Gasteiger partial charge in [0, 0.05) is 19.5 Å². The maximum Gasteiger partial charge on any atom is 0.233 e. The van der Waals surface area contributed by atoms with E-state index in [9.17, 15) is 4.79 Å². The molecule has 2 N–H and O–H groups in total. The smallest absolute Gasteiger partial charge is 0.233 e. The maximum atomic E-state index is 12.1. The Bertz CT molecular complexity index is 655. The quantitative estimate of drug-likeness (QED) is 0.635. The Morgan fingerprint density at radius 1 is 1.22 bits per heavy atom. The van der Waals surface area contributed by atoms with Crippen LogP contribution in [0.5, 0.6) is 0 Å². The summed E-state index contributed by atoms with van der Waals surface area (Å²) in [7, 11) is 0. The van der Waals surface area contributed by atoms with E-state index in [2.05, 4.69) is 10.2 Å². The van der Waals surface area contributed by atoms with Gasteiger partial charge in [0.05, 0.1) is 19.0 Å². The number of rotatable bonds is 5. The number of morpholine rings is 1. The number of nitrogens with two attached hydrogens (primary N) is 1. The summed E-state index contributed by atoms with van der Waals surface area (Å²) in [5, 5.41) is 8.76. The summed E-state index contributed by atoms with van der Waals surface area (Å²) in [4.78, 5) is 13.9. The lowest BCUT2D eigenvalue weighted by Gasteiger charge is -2.26. The zero-order valence-electron chi connectivity index (χ0n) is 12.7. The lowest BCUT2D eigenvalue weighted by atomic mass is 10.1. The van der Waals surface area contributed by atoms with Crippen LogP contribution in [0.2, 0.25) is 0 Å². The van der Waals surface area contributed by atoms with Crippen LogP contribution < -0.4 is 5.84 Å². The molecule has 2 heterocycles. The molecule has 1 saturated heterocycles. The second-order valence-electron chi connectivity index (χ2n) is 5.21. The van der Waals surface area contributed by atoms with Crippen molar-refractivity contribution < 1.29 is 9.53 Å². The normalized spacial score (nSPS) is 14.9. The highest BCUT2D eigenvalue weighted by Gasteiger charge is 2.18. The van der Waals surface area contributed by atoms with Crippen LogP contribution in [-0.4, -0.2) is 57.7 Å². The average Bonchev–Trinajstić information content (AvgIpc) is 2.94. The minimum absolute atomic E-state index is 0.0749. The third-order valence-electron chi connectivity index (χ3n) is 3.63. The molecule has 0 aliphatic carbocycles. The van der Waals surface area contributed by atoms with Crippen LogP contribution in [-0.2, 0) is 16.0 Å². The van der Waals surface area contributed by atoms with Gasteiger partial charge in [-0.15, -0.1) is 10.2 Å². The molecule has 0 atom stereocenters. The molecule has 1 fully saturated rings. The minimum Gasteiger partial charge on any atom is -0.378 e. The van der Waals surface area contributed by atoms with Crippen LogP contribution in [0.4, 0.5) is 0 Å². The van der Waals surface area contributed by atoms with E-state index < -0.39 is 0 Å². The molecule has 0 unspecified atom stereocenters. The highest BCUT2D eigenvalue weighted by atomic mass is 32.2. The van der Waals surface area contributed by atoms with Gasteiger partial charge >= 0.3 is 0 Å². The summed E-state index contributed by atoms with van der Waals surface area (Å²) in [6, 6.07) is 9.95. The summed E-state index contributed by atoms with van der Waals surface area (Å²) in [5.41, 5.74) is 1.12. The van der Waals surface area contributed by atoms with Gasteiger partial charge in [-0.2, -0.15) is 0 Å². The number of thioether (sulfide) groups is 1. The number of nitrogens with zero attached hydrogens (tertiary/aromatic N) is 4. The van der Waals surface area contributed by atoms with E-state index in [1.807, 2.05) is 30.3 Å². The van der Waals surface area contributed by atoms with Crippen molar-refractivity contribution in [2.75, 3.05) is 37.9 Å². The number of hydrogen-bond acceptors (Lipinski definition) is 6. The van der Waals surface area contributed by atoms with Crippen molar-refractivity contribution in [3.8, 4) is 0 Å². The first-order valence-electron chi connectivity index (χ1n) is 7.45. The van der Waals surface area contributed by atoms with Crippen molar-refractivity contribution >= 4 is 17.7 Å². The fourth-order valence-corrected chi connectivity index (χ4v) is 3.11. The second kappa shape index (κ2) is 7.47. The van der Waals surface area contributed by atoms with Crippen LogP contribution in [0, 0.1) is 0 Å². The van der Waals surface area contributed by atoms with Crippen molar-refractivity contribution in [1.82, 2.24) is 19.8 Å². The van der Waals surface area contributed by atoms with Crippen LogP contribution in [0.15, 0.2) is 35.5 Å². The SMILES string of the molecule is Nn1c(Cc2ccccc2)nnc1SCC(=O)N1CCOCC1. The number of benzene rings is 1. The molecule has 1 aromatic carbocycles. The van der Waals surface area contributed by atoms with E-state index in [0.29, 0.717) is 49.5 Å². The highest BCUT2D eigenvalue weighted by Crippen LogP contribution is 2.17. The van der Waals surface area contributed by atoms with Crippen molar-refractivity contribution in [1.29, 1.82) is 0 Å². The second-order valence-corrected chi connectivity index (χ2v) is 6.16. The standard InChI is InChI=1S/C15H19N5O2S/c16-20-13(10-12-4-2-1-3-5-12)17-18-15(20)23-11-14(21)19-6-8-22-9-7-19/h1-5H,6-11,16H2. The fourth-order valence-electron chi connectivity index (χ4n) is 2.33. The van der Waals surface area contributed by atoms with Gasteiger partial charge in [-0.1, -0.05) is 42.1 Å². The number of hydrogen-bond donors (Lipinski definition) is 1. The van der Waals surface area contributed by atoms with Gasteiger partial charge in [-0.05, 0) is 5.56 Å². The zero-order chi connectivity index (χ0) is 16.1. The maximum absolute atomic E-state index is 12.1. The number of aromatic nitrogens is 3. The lowest BCUT2D eigenvalue weighted by molar-refractivity contribution is -0.132. The van der Waals surface area contributed by atoms with E-state index in [-0.39, 0.29) is 5.91 Å². The Hall–Kier alpha value is -2.06. The van der Waals surface area contributed by atoms with E-state index in [1.54, 1.807) is 4.90 Å². The zero-order valence-corrected chi connectivity index (χ0v) is 13.5. The van der Waals surface area contributed by atoms with Crippen LogP contribution in [0.25, 0.3) is 0 Å². The predicted molar refractivity (Wildman–Crippen MR) is 87.5 cm³/mol. The molecule has 1 aromatic heterocycles.